The average molecular weight is 290 g/mol. The average Bonchev–Trinajstić information content (AvgIpc) is 3.28. The van der Waals surface area contributed by atoms with Gasteiger partial charge in [-0.3, -0.25) is 4.90 Å². The van der Waals surface area contributed by atoms with Gasteiger partial charge in [-0.1, -0.05) is 38.5 Å². The number of nitrogens with one attached hydrogen (secondary N) is 1. The van der Waals surface area contributed by atoms with E-state index in [2.05, 4.69) is 17.1 Å². The molecule has 1 spiro atoms. The first kappa shape index (κ1) is 14.5. The predicted molar refractivity (Wildman–Crippen MR) is 88.5 cm³/mol. The number of hydrogen-bond donors (Lipinski definition) is 1. The highest BCUT2D eigenvalue weighted by Gasteiger charge is 2.53. The molecule has 1 heterocycles. The molecule has 0 radical (unpaired) electrons. The van der Waals surface area contributed by atoms with Crippen molar-refractivity contribution in [2.45, 2.75) is 101 Å². The van der Waals surface area contributed by atoms with Crippen LogP contribution in [0.1, 0.15) is 84.0 Å². The molecule has 3 saturated carbocycles. The fraction of sp³-hybridized carbons (Fsp3) is 1.00. The highest BCUT2D eigenvalue weighted by Crippen LogP contribution is 2.47. The Hall–Kier alpha value is -0.0800. The molecule has 1 atom stereocenters. The maximum atomic E-state index is 4.03. The lowest BCUT2D eigenvalue weighted by atomic mass is 9.81. The van der Waals surface area contributed by atoms with Crippen molar-refractivity contribution in [1.82, 2.24) is 10.2 Å². The molecule has 0 aromatic carbocycles. The molecule has 0 aromatic heterocycles. The van der Waals surface area contributed by atoms with Gasteiger partial charge in [0.15, 0.2) is 0 Å². The fourth-order valence-electron chi connectivity index (χ4n) is 5.62. The van der Waals surface area contributed by atoms with Crippen molar-refractivity contribution in [2.75, 3.05) is 13.1 Å². The van der Waals surface area contributed by atoms with Crippen LogP contribution in [0.4, 0.5) is 0 Å². The normalized spacial score (nSPS) is 38.7. The zero-order valence-electron chi connectivity index (χ0n) is 14.0. The van der Waals surface area contributed by atoms with Gasteiger partial charge in [0.1, 0.15) is 0 Å². The van der Waals surface area contributed by atoms with Gasteiger partial charge in [0, 0.05) is 30.2 Å². The summed E-state index contributed by atoms with van der Waals surface area (Å²) in [7, 11) is 0. The van der Waals surface area contributed by atoms with E-state index in [4.69, 9.17) is 0 Å². The minimum absolute atomic E-state index is 0.417. The van der Waals surface area contributed by atoms with Crippen molar-refractivity contribution in [2.24, 2.45) is 5.92 Å². The van der Waals surface area contributed by atoms with Crippen LogP contribution in [0.3, 0.4) is 0 Å². The van der Waals surface area contributed by atoms with Crippen LogP contribution < -0.4 is 5.32 Å². The summed E-state index contributed by atoms with van der Waals surface area (Å²) in [6.07, 6.45) is 17.6. The zero-order valence-corrected chi connectivity index (χ0v) is 14.0. The molecule has 1 unspecified atom stereocenters. The molecule has 2 nitrogen and oxygen atoms in total. The largest absolute Gasteiger partial charge is 0.308 e. The highest BCUT2D eigenvalue weighted by atomic mass is 15.3. The first-order valence-electron chi connectivity index (χ1n) is 9.74. The third-order valence-electron chi connectivity index (χ3n) is 7.21. The van der Waals surface area contributed by atoms with Gasteiger partial charge < -0.3 is 5.32 Å². The van der Waals surface area contributed by atoms with E-state index in [0.29, 0.717) is 11.1 Å². The lowest BCUT2D eigenvalue weighted by Gasteiger charge is -2.55. The van der Waals surface area contributed by atoms with Gasteiger partial charge in [-0.2, -0.15) is 0 Å². The lowest BCUT2D eigenvalue weighted by molar-refractivity contribution is -0.0304. The predicted octanol–water partition coefficient (Wildman–Crippen LogP) is 4.10. The molecule has 2 heteroatoms. The van der Waals surface area contributed by atoms with E-state index in [1.54, 1.807) is 0 Å². The molecule has 1 aliphatic heterocycles. The van der Waals surface area contributed by atoms with E-state index in [9.17, 15) is 0 Å². The Balaban J connectivity index is 1.57. The summed E-state index contributed by atoms with van der Waals surface area (Å²) in [5.41, 5.74) is 0.948. The van der Waals surface area contributed by atoms with Gasteiger partial charge in [0.05, 0.1) is 0 Å². The van der Waals surface area contributed by atoms with Crippen molar-refractivity contribution in [1.29, 1.82) is 0 Å². The minimum atomic E-state index is 0.417. The van der Waals surface area contributed by atoms with Crippen molar-refractivity contribution >= 4 is 0 Å². The SMILES string of the molecule is CC1(C2CC2)CN(C2CCCCCC2)C2(CCCC2)CN1. The number of rotatable bonds is 2. The summed E-state index contributed by atoms with van der Waals surface area (Å²) in [6, 6.07) is 0.894. The molecule has 1 N–H and O–H groups in total. The number of hydrogen-bond acceptors (Lipinski definition) is 2. The van der Waals surface area contributed by atoms with Crippen LogP contribution in [0.2, 0.25) is 0 Å². The molecule has 0 amide bonds. The van der Waals surface area contributed by atoms with Gasteiger partial charge >= 0.3 is 0 Å². The van der Waals surface area contributed by atoms with Crippen molar-refractivity contribution in [3.63, 3.8) is 0 Å². The van der Waals surface area contributed by atoms with Gasteiger partial charge in [-0.25, -0.2) is 0 Å². The first-order chi connectivity index (χ1) is 10.2. The zero-order chi connectivity index (χ0) is 14.3. The van der Waals surface area contributed by atoms with E-state index in [-0.39, 0.29) is 0 Å². The van der Waals surface area contributed by atoms with Gasteiger partial charge in [-0.15, -0.1) is 0 Å². The topological polar surface area (TPSA) is 15.3 Å². The summed E-state index contributed by atoms with van der Waals surface area (Å²) in [5, 5.41) is 4.03. The first-order valence-corrected chi connectivity index (χ1v) is 9.74. The Morgan fingerprint density at radius 1 is 0.857 bits per heavy atom. The molecule has 4 fully saturated rings. The van der Waals surface area contributed by atoms with E-state index in [1.807, 2.05) is 0 Å². The summed E-state index contributed by atoms with van der Waals surface area (Å²) < 4.78 is 0. The van der Waals surface area contributed by atoms with Crippen LogP contribution in [0.5, 0.6) is 0 Å². The van der Waals surface area contributed by atoms with Crippen LogP contribution in [0, 0.1) is 5.92 Å². The smallest absolute Gasteiger partial charge is 0.0337 e. The third kappa shape index (κ3) is 2.67. The minimum Gasteiger partial charge on any atom is -0.308 e. The Morgan fingerprint density at radius 2 is 1.52 bits per heavy atom. The summed E-state index contributed by atoms with van der Waals surface area (Å²) in [6.45, 7) is 5.13. The number of nitrogens with zero attached hydrogens (tertiary/aromatic N) is 1. The van der Waals surface area contributed by atoms with Gasteiger partial charge in [-0.05, 0) is 51.4 Å². The highest BCUT2D eigenvalue weighted by molar-refractivity contribution is 5.11. The standard InChI is InChI=1S/C19H34N2/c1-18(16-10-11-16)15-21(17-8-4-2-3-5-9-17)19(14-20-18)12-6-7-13-19/h16-17,20H,2-15H2,1H3. The third-order valence-corrected chi connectivity index (χ3v) is 7.21. The van der Waals surface area contributed by atoms with E-state index in [0.717, 1.165) is 12.0 Å². The van der Waals surface area contributed by atoms with Crippen molar-refractivity contribution in [3.8, 4) is 0 Å². The molecule has 120 valence electrons. The Labute approximate surface area is 131 Å². The van der Waals surface area contributed by atoms with E-state index < -0.39 is 0 Å². The Morgan fingerprint density at radius 3 is 2.14 bits per heavy atom. The van der Waals surface area contributed by atoms with Crippen molar-refractivity contribution in [3.05, 3.63) is 0 Å². The second-order valence-corrected chi connectivity index (χ2v) is 8.75. The summed E-state index contributed by atoms with van der Waals surface area (Å²) in [4.78, 5) is 3.06. The molecule has 4 rings (SSSR count). The maximum Gasteiger partial charge on any atom is 0.0337 e. The van der Waals surface area contributed by atoms with Crippen LogP contribution in [0.25, 0.3) is 0 Å². The molecular formula is C19H34N2. The molecule has 0 bridgehead atoms. The van der Waals surface area contributed by atoms with Crippen LogP contribution in [-0.2, 0) is 0 Å². The summed E-state index contributed by atoms with van der Waals surface area (Å²) in [5.74, 6) is 0.963. The van der Waals surface area contributed by atoms with Crippen molar-refractivity contribution < 1.29 is 0 Å². The molecule has 4 aliphatic rings. The summed E-state index contributed by atoms with van der Waals surface area (Å²) >= 11 is 0. The lowest BCUT2D eigenvalue weighted by Crippen LogP contribution is -2.71. The maximum absolute atomic E-state index is 4.03. The van der Waals surface area contributed by atoms with Crippen LogP contribution in [-0.4, -0.2) is 35.1 Å². The Bertz CT molecular complexity index is 362. The fourth-order valence-corrected chi connectivity index (χ4v) is 5.62. The van der Waals surface area contributed by atoms with Gasteiger partial charge in [0.25, 0.3) is 0 Å². The monoisotopic (exact) mass is 290 g/mol. The van der Waals surface area contributed by atoms with Crippen LogP contribution >= 0.6 is 0 Å². The molecule has 3 aliphatic carbocycles. The van der Waals surface area contributed by atoms with E-state index in [1.165, 1.54) is 90.1 Å². The second kappa shape index (κ2) is 5.53. The molecular weight excluding hydrogens is 256 g/mol. The molecule has 0 aromatic rings. The molecule has 21 heavy (non-hydrogen) atoms. The molecule has 1 saturated heterocycles. The number of piperazine rings is 1. The quantitative estimate of drug-likeness (QED) is 0.770. The Kier molecular flexibility index (Phi) is 3.82. The van der Waals surface area contributed by atoms with E-state index >= 15 is 0 Å². The van der Waals surface area contributed by atoms with Gasteiger partial charge in [0.2, 0.25) is 0 Å². The van der Waals surface area contributed by atoms with Crippen LogP contribution in [0.15, 0.2) is 0 Å². The second-order valence-electron chi connectivity index (χ2n) is 8.75.